The zero-order valence-corrected chi connectivity index (χ0v) is 16.6. The Bertz CT molecular complexity index is 1300. The van der Waals surface area contributed by atoms with E-state index in [4.69, 9.17) is 18.3 Å². The average Bonchev–Trinajstić information content (AvgIpc) is 3.24. The van der Waals surface area contributed by atoms with Gasteiger partial charge in [0.2, 0.25) is 6.10 Å². The molecular weight excluding hydrogens is 408 g/mol. The van der Waals surface area contributed by atoms with Gasteiger partial charge in [-0.05, 0) is 36.8 Å². The highest BCUT2D eigenvalue weighted by Gasteiger charge is 2.27. The molecule has 0 saturated carbocycles. The largest absolute Gasteiger partial charge is 0.508 e. The number of aromatic hydroxyl groups is 1. The number of ether oxygens (including phenoxy) is 2. The van der Waals surface area contributed by atoms with Crippen LogP contribution >= 0.6 is 11.8 Å². The van der Waals surface area contributed by atoms with Crippen LogP contribution < -0.4 is 15.1 Å². The lowest BCUT2D eigenvalue weighted by Gasteiger charge is -2.23. The molecule has 0 aliphatic carbocycles. The van der Waals surface area contributed by atoms with Crippen LogP contribution in [0.2, 0.25) is 0 Å². The monoisotopic (exact) mass is 424 g/mol. The van der Waals surface area contributed by atoms with E-state index in [-0.39, 0.29) is 12.4 Å². The highest BCUT2D eigenvalue weighted by atomic mass is 32.2. The minimum atomic E-state index is -0.489. The van der Waals surface area contributed by atoms with Crippen LogP contribution in [0.5, 0.6) is 17.2 Å². The summed E-state index contributed by atoms with van der Waals surface area (Å²) in [6.07, 6.45) is -0.489. The second kappa shape index (κ2) is 7.42. The van der Waals surface area contributed by atoms with Crippen LogP contribution in [-0.2, 0) is 5.75 Å². The van der Waals surface area contributed by atoms with E-state index < -0.39 is 11.7 Å². The Hall–Kier alpha value is -3.46. The Morgan fingerprint density at radius 3 is 2.83 bits per heavy atom. The van der Waals surface area contributed by atoms with E-state index in [0.717, 1.165) is 10.9 Å². The van der Waals surface area contributed by atoms with Crippen LogP contribution in [-0.4, -0.2) is 21.9 Å². The number of phenols is 1. The third-order valence-corrected chi connectivity index (χ3v) is 5.64. The number of aryl methyl sites for hydroxylation is 1. The second-order valence-electron chi connectivity index (χ2n) is 6.74. The van der Waals surface area contributed by atoms with Gasteiger partial charge in [-0.3, -0.25) is 0 Å². The van der Waals surface area contributed by atoms with Gasteiger partial charge in [-0.1, -0.05) is 23.9 Å². The fraction of sp³-hybridized carbons (Fsp3) is 0.190. The van der Waals surface area contributed by atoms with E-state index in [2.05, 4.69) is 10.2 Å². The molecule has 0 amide bonds. The fourth-order valence-electron chi connectivity index (χ4n) is 3.22. The molecule has 8 nitrogen and oxygen atoms in total. The second-order valence-corrected chi connectivity index (χ2v) is 7.66. The smallest absolute Gasteiger partial charge is 0.336 e. The molecular formula is C21H16N2O6S. The summed E-state index contributed by atoms with van der Waals surface area (Å²) in [6, 6.07) is 12.1. The molecule has 3 heterocycles. The van der Waals surface area contributed by atoms with Crippen LogP contribution in [0.4, 0.5) is 0 Å². The lowest BCUT2D eigenvalue weighted by Crippen LogP contribution is -2.21. The van der Waals surface area contributed by atoms with Gasteiger partial charge in [-0.25, -0.2) is 4.79 Å². The molecule has 152 valence electrons. The molecule has 4 aromatic rings. The van der Waals surface area contributed by atoms with E-state index >= 15 is 0 Å². The molecule has 1 unspecified atom stereocenters. The maximum atomic E-state index is 12.0. The Labute approximate surface area is 174 Å². The van der Waals surface area contributed by atoms with Crippen molar-refractivity contribution in [1.82, 2.24) is 10.2 Å². The van der Waals surface area contributed by atoms with E-state index in [0.29, 0.717) is 39.5 Å². The number of para-hydroxylation sites is 2. The van der Waals surface area contributed by atoms with Gasteiger partial charge in [-0.15, -0.1) is 10.2 Å². The maximum absolute atomic E-state index is 12.0. The summed E-state index contributed by atoms with van der Waals surface area (Å²) in [4.78, 5) is 12.0. The first-order chi connectivity index (χ1) is 14.6. The van der Waals surface area contributed by atoms with Crippen molar-refractivity contribution in [3.63, 3.8) is 0 Å². The van der Waals surface area contributed by atoms with Crippen LogP contribution in [0.15, 0.2) is 61.3 Å². The van der Waals surface area contributed by atoms with Gasteiger partial charge in [0.25, 0.3) is 11.1 Å². The van der Waals surface area contributed by atoms with E-state index in [9.17, 15) is 9.90 Å². The van der Waals surface area contributed by atoms with Crippen LogP contribution in [0.3, 0.4) is 0 Å². The van der Waals surface area contributed by atoms with Crippen molar-refractivity contribution in [3.05, 3.63) is 69.9 Å². The molecule has 2 aromatic carbocycles. The number of aromatic nitrogens is 2. The SMILES string of the molecule is Cc1c(O)ccc2c(CSc3nnc(C4COc5ccccc5O4)o3)cc(=O)oc12. The first kappa shape index (κ1) is 18.6. The summed E-state index contributed by atoms with van der Waals surface area (Å²) in [5.74, 6) is 2.12. The molecule has 0 saturated heterocycles. The minimum absolute atomic E-state index is 0.0771. The number of benzene rings is 2. The highest BCUT2D eigenvalue weighted by molar-refractivity contribution is 7.98. The first-order valence-electron chi connectivity index (χ1n) is 9.18. The van der Waals surface area contributed by atoms with Crippen molar-refractivity contribution in [2.75, 3.05) is 6.61 Å². The lowest BCUT2D eigenvalue weighted by molar-refractivity contribution is 0.0686. The summed E-state index contributed by atoms with van der Waals surface area (Å²) in [7, 11) is 0. The van der Waals surface area contributed by atoms with Crippen LogP contribution in [0.1, 0.15) is 23.1 Å². The molecule has 1 N–H and O–H groups in total. The van der Waals surface area contributed by atoms with Crippen molar-refractivity contribution in [1.29, 1.82) is 0 Å². The maximum Gasteiger partial charge on any atom is 0.336 e. The predicted molar refractivity (Wildman–Crippen MR) is 108 cm³/mol. The molecule has 5 rings (SSSR count). The summed E-state index contributed by atoms with van der Waals surface area (Å²) < 4.78 is 22.6. The molecule has 1 aliphatic rings. The van der Waals surface area contributed by atoms with Gasteiger partial charge in [0, 0.05) is 22.8 Å². The summed E-state index contributed by atoms with van der Waals surface area (Å²) in [5.41, 5.74) is 1.16. The van der Waals surface area contributed by atoms with Crippen molar-refractivity contribution in [2.24, 2.45) is 0 Å². The molecule has 0 bridgehead atoms. The molecule has 0 spiro atoms. The Balaban J connectivity index is 1.35. The number of thioether (sulfide) groups is 1. The summed E-state index contributed by atoms with van der Waals surface area (Å²) in [6.45, 7) is 1.97. The number of hydrogen-bond donors (Lipinski definition) is 1. The van der Waals surface area contributed by atoms with Gasteiger partial charge < -0.3 is 23.4 Å². The zero-order valence-electron chi connectivity index (χ0n) is 15.8. The Kier molecular flexibility index (Phi) is 4.59. The molecule has 0 radical (unpaired) electrons. The minimum Gasteiger partial charge on any atom is -0.508 e. The standard InChI is InChI=1S/C21H16N2O6S/c1-11-14(24)7-6-13-12(8-18(25)28-19(11)13)10-30-21-23-22-20(29-21)17-9-26-15-4-2-3-5-16(15)27-17/h2-8,17,24H,9-10H2,1H3. The van der Waals surface area contributed by atoms with Crippen LogP contribution in [0.25, 0.3) is 11.0 Å². The van der Waals surface area contributed by atoms with Crippen molar-refractivity contribution < 1.29 is 23.4 Å². The zero-order chi connectivity index (χ0) is 20.7. The van der Waals surface area contributed by atoms with E-state index in [1.54, 1.807) is 19.1 Å². The Morgan fingerprint density at radius 2 is 1.97 bits per heavy atom. The first-order valence-corrected chi connectivity index (χ1v) is 10.2. The number of rotatable bonds is 4. The third kappa shape index (κ3) is 3.37. The van der Waals surface area contributed by atoms with Crippen LogP contribution in [0, 0.1) is 6.92 Å². The average molecular weight is 424 g/mol. The summed E-state index contributed by atoms with van der Waals surface area (Å²) >= 11 is 1.30. The van der Waals surface area contributed by atoms with E-state index in [1.807, 2.05) is 24.3 Å². The van der Waals surface area contributed by atoms with Gasteiger partial charge in [-0.2, -0.15) is 0 Å². The molecule has 2 aromatic heterocycles. The lowest BCUT2D eigenvalue weighted by atomic mass is 10.1. The van der Waals surface area contributed by atoms with Crippen molar-refractivity contribution in [3.8, 4) is 17.2 Å². The van der Waals surface area contributed by atoms with Gasteiger partial charge in [0.1, 0.15) is 17.9 Å². The van der Waals surface area contributed by atoms with Gasteiger partial charge in [0.15, 0.2) is 11.5 Å². The third-order valence-electron chi connectivity index (χ3n) is 4.78. The predicted octanol–water partition coefficient (Wildman–Crippen LogP) is 3.99. The van der Waals surface area contributed by atoms with Gasteiger partial charge in [0.05, 0.1) is 0 Å². The molecule has 1 atom stereocenters. The highest BCUT2D eigenvalue weighted by Crippen LogP contribution is 2.36. The molecule has 9 heteroatoms. The number of hydrogen-bond acceptors (Lipinski definition) is 9. The number of nitrogens with zero attached hydrogens (tertiary/aromatic N) is 2. The van der Waals surface area contributed by atoms with Crippen molar-refractivity contribution in [2.45, 2.75) is 24.0 Å². The van der Waals surface area contributed by atoms with E-state index in [1.165, 1.54) is 17.8 Å². The molecule has 0 fully saturated rings. The van der Waals surface area contributed by atoms with Crippen molar-refractivity contribution >= 4 is 22.7 Å². The normalized spacial score (nSPS) is 15.4. The Morgan fingerprint density at radius 1 is 1.13 bits per heavy atom. The fourth-order valence-corrected chi connectivity index (χ4v) is 3.99. The number of fused-ring (bicyclic) bond motifs is 2. The summed E-state index contributed by atoms with van der Waals surface area (Å²) in [5, 5.41) is 19.1. The van der Waals surface area contributed by atoms with Gasteiger partial charge >= 0.3 is 5.63 Å². The molecule has 1 aliphatic heterocycles. The quantitative estimate of drug-likeness (QED) is 0.384. The molecule has 30 heavy (non-hydrogen) atoms. The number of phenolic OH excluding ortho intramolecular Hbond substituents is 1. The topological polar surface area (TPSA) is 108 Å².